The molecule has 0 bridgehead atoms. The largest absolute Gasteiger partial charge is 0.493 e. The first-order chi connectivity index (χ1) is 13.0. The third-order valence-electron chi connectivity index (χ3n) is 3.77. The Labute approximate surface area is 155 Å². The molecule has 0 aliphatic rings. The number of benzene rings is 2. The molecule has 0 saturated carbocycles. The standard InChI is InChI=1S/C20H18N2O5/c1-12-7-9-15(10-8-12)21-19(24)16-11-14-5-4-6-17(25-3)18(14)26-20(16)22-27-13(2)23/h4-11H,1-3H3,(H,21,24). The third kappa shape index (κ3) is 4.14. The van der Waals surface area contributed by atoms with Gasteiger partial charge in [0.15, 0.2) is 11.3 Å². The van der Waals surface area contributed by atoms with Crippen LogP contribution in [0.2, 0.25) is 0 Å². The molecular formula is C20H18N2O5. The first-order valence-electron chi connectivity index (χ1n) is 8.18. The minimum atomic E-state index is -0.629. The molecule has 3 rings (SSSR count). The lowest BCUT2D eigenvalue weighted by Crippen LogP contribution is -2.22. The van der Waals surface area contributed by atoms with Crippen LogP contribution < -0.4 is 15.6 Å². The normalized spacial score (nSPS) is 11.3. The van der Waals surface area contributed by atoms with Gasteiger partial charge in [0.05, 0.1) is 7.11 Å². The molecule has 1 aromatic heterocycles. The highest BCUT2D eigenvalue weighted by Crippen LogP contribution is 2.24. The van der Waals surface area contributed by atoms with Crippen LogP contribution in [0.1, 0.15) is 22.8 Å². The van der Waals surface area contributed by atoms with Crippen molar-refractivity contribution in [2.75, 3.05) is 12.4 Å². The second kappa shape index (κ2) is 7.74. The summed E-state index contributed by atoms with van der Waals surface area (Å²) < 4.78 is 11.0. The van der Waals surface area contributed by atoms with Gasteiger partial charge in [-0.15, -0.1) is 0 Å². The van der Waals surface area contributed by atoms with Gasteiger partial charge in [0.2, 0.25) is 0 Å². The van der Waals surface area contributed by atoms with Gasteiger partial charge in [-0.1, -0.05) is 29.8 Å². The monoisotopic (exact) mass is 366 g/mol. The van der Waals surface area contributed by atoms with Gasteiger partial charge in [-0.25, -0.2) is 4.79 Å². The third-order valence-corrected chi connectivity index (χ3v) is 3.77. The summed E-state index contributed by atoms with van der Waals surface area (Å²) >= 11 is 0. The van der Waals surface area contributed by atoms with Gasteiger partial charge < -0.3 is 19.3 Å². The van der Waals surface area contributed by atoms with Gasteiger partial charge >= 0.3 is 5.97 Å². The van der Waals surface area contributed by atoms with Crippen LogP contribution in [-0.2, 0) is 9.63 Å². The minimum absolute atomic E-state index is 0.123. The van der Waals surface area contributed by atoms with Gasteiger partial charge in [-0.05, 0) is 36.3 Å². The van der Waals surface area contributed by atoms with Crippen LogP contribution in [0.5, 0.6) is 5.75 Å². The molecule has 0 unspecified atom stereocenters. The molecule has 0 aliphatic heterocycles. The Morgan fingerprint density at radius 3 is 2.52 bits per heavy atom. The van der Waals surface area contributed by atoms with Crippen LogP contribution in [0, 0.1) is 6.92 Å². The topological polar surface area (TPSA) is 90.1 Å². The molecule has 138 valence electrons. The average molecular weight is 366 g/mol. The van der Waals surface area contributed by atoms with E-state index in [-0.39, 0.29) is 11.1 Å². The Hall–Kier alpha value is -3.61. The number of ether oxygens (including phenoxy) is 1. The zero-order chi connectivity index (χ0) is 19.4. The summed E-state index contributed by atoms with van der Waals surface area (Å²) in [6, 6.07) is 14.2. The molecule has 7 heteroatoms. The van der Waals surface area contributed by atoms with E-state index in [1.165, 1.54) is 14.0 Å². The lowest BCUT2D eigenvalue weighted by molar-refractivity contribution is -0.141. The van der Waals surface area contributed by atoms with E-state index >= 15 is 0 Å². The number of rotatable bonds is 4. The number of fused-ring (bicyclic) bond motifs is 1. The molecule has 1 amide bonds. The highest BCUT2D eigenvalue weighted by Gasteiger charge is 2.15. The van der Waals surface area contributed by atoms with E-state index in [0.717, 1.165) is 5.56 Å². The van der Waals surface area contributed by atoms with Crippen molar-refractivity contribution < 1.29 is 23.6 Å². The summed E-state index contributed by atoms with van der Waals surface area (Å²) in [7, 11) is 1.51. The molecule has 2 aromatic carbocycles. The van der Waals surface area contributed by atoms with E-state index < -0.39 is 11.9 Å². The maximum absolute atomic E-state index is 12.8. The van der Waals surface area contributed by atoms with E-state index in [4.69, 9.17) is 9.15 Å². The summed E-state index contributed by atoms with van der Waals surface area (Å²) in [6.45, 7) is 3.16. The van der Waals surface area contributed by atoms with E-state index in [0.29, 0.717) is 22.4 Å². The Balaban J connectivity index is 2.10. The van der Waals surface area contributed by atoms with E-state index in [9.17, 15) is 9.59 Å². The molecule has 7 nitrogen and oxygen atoms in total. The molecular weight excluding hydrogens is 348 g/mol. The van der Waals surface area contributed by atoms with Crippen LogP contribution in [0.25, 0.3) is 11.0 Å². The molecule has 1 N–H and O–H groups in total. The van der Waals surface area contributed by atoms with Crippen LogP contribution in [0.15, 0.2) is 58.1 Å². The fourth-order valence-electron chi connectivity index (χ4n) is 2.46. The number of methoxy groups -OCH3 is 1. The Morgan fingerprint density at radius 1 is 1.11 bits per heavy atom. The second-order valence-electron chi connectivity index (χ2n) is 5.84. The molecule has 0 spiro atoms. The summed E-state index contributed by atoms with van der Waals surface area (Å²) in [4.78, 5) is 28.6. The van der Waals surface area contributed by atoms with Crippen molar-refractivity contribution in [2.24, 2.45) is 5.16 Å². The Morgan fingerprint density at radius 2 is 1.85 bits per heavy atom. The number of nitrogens with zero attached hydrogens (tertiary/aromatic N) is 1. The summed E-state index contributed by atoms with van der Waals surface area (Å²) in [5.41, 5.74) is 2.07. The van der Waals surface area contributed by atoms with Crippen LogP contribution in [0.4, 0.5) is 5.69 Å². The number of aryl methyl sites for hydroxylation is 1. The van der Waals surface area contributed by atoms with E-state index in [1.807, 2.05) is 19.1 Å². The van der Waals surface area contributed by atoms with Crippen molar-refractivity contribution in [2.45, 2.75) is 13.8 Å². The molecule has 0 fully saturated rings. The van der Waals surface area contributed by atoms with Crippen LogP contribution in [0.3, 0.4) is 0 Å². The number of hydrogen-bond donors (Lipinski definition) is 1. The zero-order valence-electron chi connectivity index (χ0n) is 15.1. The van der Waals surface area contributed by atoms with E-state index in [2.05, 4.69) is 15.3 Å². The van der Waals surface area contributed by atoms with Gasteiger partial charge in [0.1, 0.15) is 5.56 Å². The second-order valence-corrected chi connectivity index (χ2v) is 5.84. The molecule has 0 aliphatic carbocycles. The summed E-state index contributed by atoms with van der Waals surface area (Å²) in [6.07, 6.45) is 0. The number of para-hydroxylation sites is 1. The predicted octanol–water partition coefficient (Wildman–Crippen LogP) is 3.38. The zero-order valence-corrected chi connectivity index (χ0v) is 15.1. The fraction of sp³-hybridized carbons (Fsp3) is 0.150. The number of amides is 1. The van der Waals surface area contributed by atoms with Crippen molar-refractivity contribution in [3.05, 3.63) is 65.2 Å². The van der Waals surface area contributed by atoms with Crippen molar-refractivity contribution in [3.8, 4) is 5.75 Å². The summed E-state index contributed by atoms with van der Waals surface area (Å²) in [5.74, 6) is -0.606. The number of anilines is 1. The SMILES string of the molecule is COc1cccc2cc(C(=O)Nc3ccc(C)cc3)c(=NOC(C)=O)oc12. The maximum Gasteiger partial charge on any atom is 0.332 e. The highest BCUT2D eigenvalue weighted by atomic mass is 16.7. The molecule has 0 radical (unpaired) electrons. The van der Waals surface area contributed by atoms with Gasteiger partial charge in [-0.2, -0.15) is 0 Å². The van der Waals surface area contributed by atoms with Gasteiger partial charge in [-0.3, -0.25) is 4.79 Å². The van der Waals surface area contributed by atoms with Crippen LogP contribution in [-0.4, -0.2) is 19.0 Å². The van der Waals surface area contributed by atoms with Crippen molar-refractivity contribution in [1.29, 1.82) is 0 Å². The van der Waals surface area contributed by atoms with E-state index in [1.54, 1.807) is 36.4 Å². The average Bonchev–Trinajstić information content (AvgIpc) is 2.66. The maximum atomic E-state index is 12.8. The summed E-state index contributed by atoms with van der Waals surface area (Å²) in [5, 5.41) is 7.10. The molecule has 0 saturated heterocycles. The Bertz CT molecular complexity index is 1070. The highest BCUT2D eigenvalue weighted by molar-refractivity contribution is 6.05. The van der Waals surface area contributed by atoms with Crippen LogP contribution >= 0.6 is 0 Å². The van der Waals surface area contributed by atoms with Gasteiger partial charge in [0, 0.05) is 18.0 Å². The first-order valence-corrected chi connectivity index (χ1v) is 8.18. The molecule has 1 heterocycles. The van der Waals surface area contributed by atoms with Crippen molar-refractivity contribution in [1.82, 2.24) is 0 Å². The number of hydrogen-bond acceptors (Lipinski definition) is 6. The molecule has 27 heavy (non-hydrogen) atoms. The first kappa shape index (κ1) is 18.2. The number of carbonyl (C=O) groups excluding carboxylic acids is 2. The molecule has 0 atom stereocenters. The van der Waals surface area contributed by atoms with Crippen molar-refractivity contribution >= 4 is 28.5 Å². The predicted molar refractivity (Wildman–Crippen MR) is 99.2 cm³/mol. The Kier molecular flexibility index (Phi) is 5.21. The number of carbonyl (C=O) groups is 2. The lowest BCUT2D eigenvalue weighted by Gasteiger charge is -2.08. The number of nitrogens with one attached hydrogen (secondary N) is 1. The smallest absolute Gasteiger partial charge is 0.332 e. The fourth-order valence-corrected chi connectivity index (χ4v) is 2.46. The molecule has 3 aromatic rings. The van der Waals surface area contributed by atoms with Gasteiger partial charge in [0.25, 0.3) is 11.5 Å². The quantitative estimate of drug-likeness (QED) is 0.565. The minimum Gasteiger partial charge on any atom is -0.493 e. The lowest BCUT2D eigenvalue weighted by atomic mass is 10.1. The van der Waals surface area contributed by atoms with Crippen molar-refractivity contribution in [3.63, 3.8) is 0 Å².